The number of halogens is 1. The first-order valence-corrected chi connectivity index (χ1v) is 12.9. The van der Waals surface area contributed by atoms with Crippen molar-refractivity contribution in [3.63, 3.8) is 0 Å². The molecular formula is C28H29ClN2O4S. The first-order chi connectivity index (χ1) is 17.4. The molecule has 1 heterocycles. The Kier molecular flexibility index (Phi) is 8.56. The third kappa shape index (κ3) is 6.22. The molecule has 0 aliphatic carbocycles. The molecule has 188 valence electrons. The normalized spacial score (nSPS) is 17.5. The van der Waals surface area contributed by atoms with Crippen LogP contribution in [0.25, 0.3) is 0 Å². The molecular weight excluding hydrogens is 496 g/mol. The second-order valence-electron chi connectivity index (χ2n) is 8.67. The number of methoxy groups -OCH3 is 1. The molecule has 0 bridgehead atoms. The standard InChI is InChI=1S/C28H29ClN2O4S/c1-19(32)35-26-27(21-9-12-23(34-3)13-10-21)36-25-17-22(29)11-14-24(25)31(28(26)33)16-15-30(2)18-20-7-5-4-6-8-20/h4-14,17,26-27H,15-16,18H2,1-3H3/t26-,27+/m1/s1. The van der Waals surface area contributed by atoms with Gasteiger partial charge >= 0.3 is 5.97 Å². The summed E-state index contributed by atoms with van der Waals surface area (Å²) >= 11 is 7.83. The molecule has 0 spiro atoms. The summed E-state index contributed by atoms with van der Waals surface area (Å²) < 4.78 is 11.0. The van der Waals surface area contributed by atoms with E-state index in [4.69, 9.17) is 21.1 Å². The number of hydrogen-bond acceptors (Lipinski definition) is 6. The van der Waals surface area contributed by atoms with Crippen LogP contribution in [0.5, 0.6) is 5.75 Å². The van der Waals surface area contributed by atoms with Crippen LogP contribution in [0.15, 0.2) is 77.7 Å². The van der Waals surface area contributed by atoms with E-state index in [9.17, 15) is 9.59 Å². The summed E-state index contributed by atoms with van der Waals surface area (Å²) in [5.74, 6) is -0.0513. The SMILES string of the molecule is COc1ccc([C@@H]2Sc3cc(Cl)ccc3N(CCN(C)Cc3ccccc3)C(=O)[C@@H]2OC(C)=O)cc1. The molecule has 1 amide bonds. The molecule has 36 heavy (non-hydrogen) atoms. The second kappa shape index (κ2) is 11.8. The molecule has 0 fully saturated rings. The fourth-order valence-corrected chi connectivity index (χ4v) is 5.80. The van der Waals surface area contributed by atoms with Crippen molar-refractivity contribution in [2.75, 3.05) is 32.1 Å². The van der Waals surface area contributed by atoms with E-state index in [0.29, 0.717) is 23.9 Å². The molecule has 2 atom stereocenters. The van der Waals surface area contributed by atoms with Gasteiger partial charge in [0.2, 0.25) is 0 Å². The highest BCUT2D eigenvalue weighted by Gasteiger charge is 2.41. The van der Waals surface area contributed by atoms with Crippen LogP contribution < -0.4 is 9.64 Å². The first kappa shape index (κ1) is 26.1. The number of thioether (sulfide) groups is 1. The van der Waals surface area contributed by atoms with Crippen molar-refractivity contribution < 1.29 is 19.1 Å². The molecule has 0 radical (unpaired) electrons. The fraction of sp³-hybridized carbons (Fsp3) is 0.286. The van der Waals surface area contributed by atoms with Gasteiger partial charge in [0.05, 0.1) is 18.0 Å². The lowest BCUT2D eigenvalue weighted by Gasteiger charge is -2.29. The molecule has 8 heteroatoms. The number of hydrogen-bond donors (Lipinski definition) is 0. The van der Waals surface area contributed by atoms with E-state index in [1.54, 1.807) is 18.1 Å². The number of fused-ring (bicyclic) bond motifs is 1. The van der Waals surface area contributed by atoms with Crippen molar-refractivity contribution in [2.24, 2.45) is 0 Å². The highest BCUT2D eigenvalue weighted by molar-refractivity contribution is 7.99. The van der Waals surface area contributed by atoms with E-state index >= 15 is 0 Å². The quantitative estimate of drug-likeness (QED) is 0.358. The van der Waals surface area contributed by atoms with Gasteiger partial charge in [-0.15, -0.1) is 11.8 Å². The minimum absolute atomic E-state index is 0.257. The minimum Gasteiger partial charge on any atom is -0.497 e. The van der Waals surface area contributed by atoms with Crippen LogP contribution in [0.2, 0.25) is 5.02 Å². The number of esters is 1. The monoisotopic (exact) mass is 524 g/mol. The van der Waals surface area contributed by atoms with Crippen molar-refractivity contribution in [3.05, 3.63) is 88.9 Å². The van der Waals surface area contributed by atoms with Crippen LogP contribution in [-0.4, -0.2) is 50.1 Å². The van der Waals surface area contributed by atoms with Gasteiger partial charge in [-0.25, -0.2) is 0 Å². The predicted octanol–water partition coefficient (Wildman–Crippen LogP) is 5.59. The highest BCUT2D eigenvalue weighted by atomic mass is 35.5. The molecule has 1 aliphatic heterocycles. The number of nitrogens with zero attached hydrogens (tertiary/aromatic N) is 2. The zero-order chi connectivity index (χ0) is 25.7. The molecule has 0 unspecified atom stereocenters. The molecule has 0 N–H and O–H groups in total. The Morgan fingerprint density at radius 3 is 2.47 bits per heavy atom. The van der Waals surface area contributed by atoms with Crippen LogP contribution in [0.1, 0.15) is 23.3 Å². The van der Waals surface area contributed by atoms with Crippen LogP contribution in [0.3, 0.4) is 0 Å². The Hall–Kier alpha value is -3.00. The molecule has 3 aromatic carbocycles. The van der Waals surface area contributed by atoms with Crippen LogP contribution >= 0.6 is 23.4 Å². The van der Waals surface area contributed by atoms with E-state index in [0.717, 1.165) is 22.7 Å². The van der Waals surface area contributed by atoms with Gasteiger partial charge in [0, 0.05) is 36.5 Å². The van der Waals surface area contributed by atoms with E-state index in [2.05, 4.69) is 17.0 Å². The fourth-order valence-electron chi connectivity index (χ4n) is 4.21. The number of benzene rings is 3. The summed E-state index contributed by atoms with van der Waals surface area (Å²) in [6.07, 6.45) is -0.994. The lowest BCUT2D eigenvalue weighted by atomic mass is 10.1. The Balaban J connectivity index is 1.66. The second-order valence-corrected chi connectivity index (χ2v) is 10.3. The third-order valence-electron chi connectivity index (χ3n) is 5.99. The number of likely N-dealkylation sites (N-methyl/N-ethyl adjacent to an activating group) is 1. The Bertz CT molecular complexity index is 1210. The maximum absolute atomic E-state index is 14.0. The maximum Gasteiger partial charge on any atom is 0.303 e. The molecule has 0 aromatic heterocycles. The van der Waals surface area contributed by atoms with Crippen molar-refractivity contribution in [2.45, 2.75) is 29.7 Å². The van der Waals surface area contributed by atoms with Crippen LogP contribution in [-0.2, 0) is 20.9 Å². The largest absolute Gasteiger partial charge is 0.497 e. The summed E-state index contributed by atoms with van der Waals surface area (Å²) in [6.45, 7) is 3.15. The number of rotatable bonds is 8. The Morgan fingerprint density at radius 2 is 1.81 bits per heavy atom. The molecule has 4 rings (SSSR count). The number of amides is 1. The molecule has 6 nitrogen and oxygen atoms in total. The van der Waals surface area contributed by atoms with Crippen molar-refractivity contribution in [1.82, 2.24) is 4.90 Å². The molecule has 0 saturated carbocycles. The highest BCUT2D eigenvalue weighted by Crippen LogP contribution is 2.47. The van der Waals surface area contributed by atoms with Crippen molar-refractivity contribution in [3.8, 4) is 5.75 Å². The average molecular weight is 525 g/mol. The molecule has 0 saturated heterocycles. The van der Waals surface area contributed by atoms with Crippen LogP contribution in [0, 0.1) is 0 Å². The summed E-state index contributed by atoms with van der Waals surface area (Å²) in [5.41, 5.74) is 2.81. The van der Waals surface area contributed by atoms with Gasteiger partial charge in [0.1, 0.15) is 5.75 Å². The van der Waals surface area contributed by atoms with Gasteiger partial charge in [0.25, 0.3) is 5.91 Å². The minimum atomic E-state index is -0.994. The Labute approximate surface area is 221 Å². The van der Waals surface area contributed by atoms with Gasteiger partial charge in [-0.1, -0.05) is 54.1 Å². The predicted molar refractivity (Wildman–Crippen MR) is 144 cm³/mol. The number of anilines is 1. The summed E-state index contributed by atoms with van der Waals surface area (Å²) in [7, 11) is 3.63. The zero-order valence-corrected chi connectivity index (χ0v) is 22.1. The van der Waals surface area contributed by atoms with E-state index < -0.39 is 17.3 Å². The van der Waals surface area contributed by atoms with E-state index in [1.165, 1.54) is 24.2 Å². The maximum atomic E-state index is 14.0. The number of carbonyl (C=O) groups is 2. The number of ether oxygens (including phenoxy) is 2. The summed E-state index contributed by atoms with van der Waals surface area (Å²) in [5, 5.41) is 0.130. The van der Waals surface area contributed by atoms with Gasteiger partial charge in [-0.3, -0.25) is 9.59 Å². The first-order valence-electron chi connectivity index (χ1n) is 11.7. The smallest absolute Gasteiger partial charge is 0.303 e. The molecule has 3 aromatic rings. The summed E-state index contributed by atoms with van der Waals surface area (Å²) in [4.78, 5) is 30.8. The van der Waals surface area contributed by atoms with Gasteiger partial charge in [0.15, 0.2) is 6.10 Å². The topological polar surface area (TPSA) is 59.1 Å². The average Bonchev–Trinajstić information content (AvgIpc) is 2.97. The molecule has 1 aliphatic rings. The Morgan fingerprint density at radius 1 is 1.08 bits per heavy atom. The van der Waals surface area contributed by atoms with Gasteiger partial charge < -0.3 is 19.3 Å². The van der Waals surface area contributed by atoms with E-state index in [1.807, 2.05) is 61.6 Å². The lowest BCUT2D eigenvalue weighted by molar-refractivity contribution is -0.152. The summed E-state index contributed by atoms with van der Waals surface area (Å²) in [6, 6.07) is 23.2. The third-order valence-corrected chi connectivity index (χ3v) is 7.58. The van der Waals surface area contributed by atoms with Gasteiger partial charge in [-0.05, 0) is 48.5 Å². The van der Waals surface area contributed by atoms with Crippen molar-refractivity contribution >= 4 is 40.9 Å². The lowest BCUT2D eigenvalue weighted by Crippen LogP contribution is -2.45. The van der Waals surface area contributed by atoms with Crippen LogP contribution in [0.4, 0.5) is 5.69 Å². The van der Waals surface area contributed by atoms with Gasteiger partial charge in [-0.2, -0.15) is 0 Å². The zero-order valence-electron chi connectivity index (χ0n) is 20.5. The van der Waals surface area contributed by atoms with Crippen molar-refractivity contribution in [1.29, 1.82) is 0 Å². The number of carbonyl (C=O) groups excluding carboxylic acids is 2. The van der Waals surface area contributed by atoms with E-state index in [-0.39, 0.29) is 5.91 Å².